The van der Waals surface area contributed by atoms with Gasteiger partial charge in [-0.3, -0.25) is 9.97 Å². The van der Waals surface area contributed by atoms with Gasteiger partial charge < -0.3 is 0 Å². The molecule has 0 aliphatic rings. The summed E-state index contributed by atoms with van der Waals surface area (Å²) in [5.74, 6) is 0. The quantitative estimate of drug-likeness (QED) is 0.172. The average molecular weight is 691 g/mol. The van der Waals surface area contributed by atoms with Gasteiger partial charge in [-0.2, -0.15) is 0 Å². The highest BCUT2D eigenvalue weighted by atomic mass is 32.1. The Kier molecular flexibility index (Phi) is 6.76. The van der Waals surface area contributed by atoms with E-state index in [9.17, 15) is 0 Å². The number of rotatable bonds is 4. The van der Waals surface area contributed by atoms with Gasteiger partial charge in [-0.05, 0) is 108 Å². The number of hydrogen-bond acceptors (Lipinski definition) is 3. The van der Waals surface area contributed by atoms with Crippen molar-refractivity contribution < 1.29 is 0 Å². The Morgan fingerprint density at radius 2 is 0.925 bits per heavy atom. The lowest BCUT2D eigenvalue weighted by Gasteiger charge is -2.19. The molecule has 0 N–H and O–H groups in total. The molecular weight excluding hydrogens is 661 g/mol. The summed E-state index contributed by atoms with van der Waals surface area (Å²) in [4.78, 5) is 9.92. The normalized spacial score (nSPS) is 11.8. The predicted molar refractivity (Wildman–Crippen MR) is 227 cm³/mol. The van der Waals surface area contributed by atoms with Gasteiger partial charge in [0, 0.05) is 39.0 Å². The van der Waals surface area contributed by atoms with Crippen LogP contribution in [-0.4, -0.2) is 9.97 Å². The Hall–Kier alpha value is -6.68. The topological polar surface area (TPSA) is 25.8 Å². The van der Waals surface area contributed by atoms with E-state index in [1.54, 1.807) is 11.3 Å². The van der Waals surface area contributed by atoms with Crippen LogP contribution in [0.3, 0.4) is 0 Å². The van der Waals surface area contributed by atoms with Crippen LogP contribution in [0.2, 0.25) is 0 Å². The highest BCUT2D eigenvalue weighted by molar-refractivity contribution is 7.26. The molecule has 0 unspecified atom stereocenters. The number of fused-ring (bicyclic) bond motifs is 7. The number of aromatic nitrogens is 2. The first kappa shape index (κ1) is 30.0. The maximum Gasteiger partial charge on any atom is 0.0895 e. The summed E-state index contributed by atoms with van der Waals surface area (Å²) >= 11 is 1.80. The summed E-state index contributed by atoms with van der Waals surface area (Å²) in [5, 5.41) is 12.4. The lowest BCUT2D eigenvalue weighted by Crippen LogP contribution is -1.93. The Morgan fingerprint density at radius 1 is 0.358 bits per heavy atom. The van der Waals surface area contributed by atoms with Crippen molar-refractivity contribution in [3.05, 3.63) is 182 Å². The maximum absolute atomic E-state index is 5.08. The fourth-order valence-electron chi connectivity index (χ4n) is 8.21. The highest BCUT2D eigenvalue weighted by Gasteiger charge is 2.19. The zero-order valence-electron chi connectivity index (χ0n) is 28.6. The summed E-state index contributed by atoms with van der Waals surface area (Å²) in [6, 6.07) is 61.8. The SMILES string of the molecule is c1ccc2cc(-c3c4ccccc4c(-c4ccc5ccccc5c4)c4cc(-c5ccc(-c6nccc7c6sc6ccccc67)cn5)ccc34)ccc2c1. The first-order valence-electron chi connectivity index (χ1n) is 18.0. The molecule has 8 aromatic carbocycles. The number of pyridine rings is 2. The number of hydrogen-bond donors (Lipinski definition) is 0. The summed E-state index contributed by atoms with van der Waals surface area (Å²) in [6.07, 6.45) is 3.90. The van der Waals surface area contributed by atoms with Gasteiger partial charge in [0.2, 0.25) is 0 Å². The molecule has 0 bridgehead atoms. The van der Waals surface area contributed by atoms with Crippen LogP contribution >= 0.6 is 11.3 Å². The fourth-order valence-corrected chi connectivity index (χ4v) is 9.42. The molecule has 11 aromatic rings. The first-order chi connectivity index (χ1) is 26.3. The Bertz CT molecular complexity index is 3230. The number of nitrogens with zero attached hydrogens (tertiary/aromatic N) is 2. The van der Waals surface area contributed by atoms with Crippen LogP contribution in [0.5, 0.6) is 0 Å². The molecule has 3 aromatic heterocycles. The van der Waals surface area contributed by atoms with Crippen molar-refractivity contribution in [3.63, 3.8) is 0 Å². The van der Waals surface area contributed by atoms with Crippen LogP contribution in [-0.2, 0) is 0 Å². The maximum atomic E-state index is 5.08. The minimum atomic E-state index is 0.934. The van der Waals surface area contributed by atoms with Crippen LogP contribution in [0.1, 0.15) is 0 Å². The van der Waals surface area contributed by atoms with Gasteiger partial charge in [0.05, 0.1) is 16.1 Å². The minimum absolute atomic E-state index is 0.934. The van der Waals surface area contributed by atoms with E-state index in [2.05, 4.69) is 170 Å². The lowest BCUT2D eigenvalue weighted by molar-refractivity contribution is 1.30. The second kappa shape index (κ2) is 11.9. The third-order valence-corrected chi connectivity index (χ3v) is 11.9. The molecule has 0 saturated carbocycles. The third kappa shape index (κ3) is 4.86. The monoisotopic (exact) mass is 690 g/mol. The van der Waals surface area contributed by atoms with E-state index in [0.29, 0.717) is 0 Å². The second-order valence-corrected chi connectivity index (χ2v) is 14.8. The molecule has 0 saturated heterocycles. The summed E-state index contributed by atoms with van der Waals surface area (Å²) in [7, 11) is 0. The van der Waals surface area contributed by atoms with Gasteiger partial charge in [-0.1, -0.05) is 127 Å². The average Bonchev–Trinajstić information content (AvgIpc) is 3.61. The van der Waals surface area contributed by atoms with Crippen LogP contribution in [0.15, 0.2) is 182 Å². The van der Waals surface area contributed by atoms with Crippen LogP contribution in [0, 0.1) is 0 Å². The van der Waals surface area contributed by atoms with E-state index >= 15 is 0 Å². The van der Waals surface area contributed by atoms with Gasteiger partial charge in [0.1, 0.15) is 0 Å². The van der Waals surface area contributed by atoms with Crippen molar-refractivity contribution in [2.24, 2.45) is 0 Å². The van der Waals surface area contributed by atoms with Crippen LogP contribution in [0.25, 0.3) is 108 Å². The smallest absolute Gasteiger partial charge is 0.0895 e. The lowest BCUT2D eigenvalue weighted by atomic mass is 9.84. The standard InChI is InChI=1S/C50H30N2S/c1-3-11-33-27-36(19-17-31(33)9-1)47-40-14-5-6-15-41(40)48(37-20-18-32-10-2-4-12-34(32)28-37)44-29-35(21-23-42(44)47)45-24-22-38(30-52-45)49-50-43(25-26-51-49)39-13-7-8-16-46(39)53-50/h1-30H. The van der Waals surface area contributed by atoms with Crippen molar-refractivity contribution in [3.8, 4) is 44.8 Å². The van der Waals surface area contributed by atoms with E-state index in [4.69, 9.17) is 9.97 Å². The van der Waals surface area contributed by atoms with Gasteiger partial charge in [-0.25, -0.2) is 0 Å². The Balaban J connectivity index is 1.13. The molecule has 3 heteroatoms. The molecule has 2 nitrogen and oxygen atoms in total. The van der Waals surface area contributed by atoms with Crippen molar-refractivity contribution >= 4 is 74.6 Å². The molecule has 0 atom stereocenters. The van der Waals surface area contributed by atoms with Crippen molar-refractivity contribution in [1.29, 1.82) is 0 Å². The summed E-state index contributed by atoms with van der Waals surface area (Å²) in [5.41, 5.74) is 8.93. The second-order valence-electron chi connectivity index (χ2n) is 13.7. The number of thiophene rings is 1. The Morgan fingerprint density at radius 3 is 1.60 bits per heavy atom. The molecule has 0 amide bonds. The van der Waals surface area contributed by atoms with E-state index in [0.717, 1.165) is 22.5 Å². The van der Waals surface area contributed by atoms with Gasteiger partial charge >= 0.3 is 0 Å². The molecule has 0 radical (unpaired) electrons. The van der Waals surface area contributed by atoms with E-state index in [1.807, 2.05) is 12.4 Å². The van der Waals surface area contributed by atoms with Crippen molar-refractivity contribution in [2.75, 3.05) is 0 Å². The molecule has 246 valence electrons. The molecule has 53 heavy (non-hydrogen) atoms. The first-order valence-corrected chi connectivity index (χ1v) is 18.8. The van der Waals surface area contributed by atoms with Crippen molar-refractivity contribution in [2.45, 2.75) is 0 Å². The Labute approximate surface area is 310 Å². The molecule has 11 rings (SSSR count). The van der Waals surface area contributed by atoms with Gasteiger partial charge in [0.15, 0.2) is 0 Å². The summed E-state index contributed by atoms with van der Waals surface area (Å²) < 4.78 is 2.47. The highest BCUT2D eigenvalue weighted by Crippen LogP contribution is 2.46. The van der Waals surface area contributed by atoms with Crippen LogP contribution in [0.4, 0.5) is 0 Å². The molecule has 0 fully saturated rings. The zero-order chi connectivity index (χ0) is 34.9. The van der Waals surface area contributed by atoms with E-state index in [-0.39, 0.29) is 0 Å². The molecule has 0 aliphatic heterocycles. The molecular formula is C50H30N2S. The largest absolute Gasteiger partial charge is 0.256 e. The zero-order valence-corrected chi connectivity index (χ0v) is 29.4. The third-order valence-electron chi connectivity index (χ3n) is 10.7. The van der Waals surface area contributed by atoms with E-state index < -0.39 is 0 Å². The van der Waals surface area contributed by atoms with E-state index in [1.165, 1.54) is 85.5 Å². The van der Waals surface area contributed by atoms with Crippen molar-refractivity contribution in [1.82, 2.24) is 9.97 Å². The number of benzene rings is 8. The predicted octanol–water partition coefficient (Wildman–Crippen LogP) is 14.1. The summed E-state index contributed by atoms with van der Waals surface area (Å²) in [6.45, 7) is 0. The molecule has 0 spiro atoms. The van der Waals surface area contributed by atoms with Gasteiger partial charge in [-0.15, -0.1) is 11.3 Å². The fraction of sp³-hybridized carbons (Fsp3) is 0. The molecule has 0 aliphatic carbocycles. The minimum Gasteiger partial charge on any atom is -0.256 e. The molecule has 3 heterocycles. The van der Waals surface area contributed by atoms with Gasteiger partial charge in [0.25, 0.3) is 0 Å². The van der Waals surface area contributed by atoms with Crippen LogP contribution < -0.4 is 0 Å².